The number of rotatable bonds is 4. The number of nitrogens with zero attached hydrogens (tertiary/aromatic N) is 1. The van der Waals surface area contributed by atoms with Crippen molar-refractivity contribution in [1.29, 1.82) is 0 Å². The minimum atomic E-state index is 0.102. The zero-order valence-corrected chi connectivity index (χ0v) is 15.0. The summed E-state index contributed by atoms with van der Waals surface area (Å²) in [6, 6.07) is 12.7. The molecular formula is C20H22ClNO3. The van der Waals surface area contributed by atoms with Crippen LogP contribution in [0.3, 0.4) is 0 Å². The molecule has 2 aromatic carbocycles. The average Bonchev–Trinajstić information content (AvgIpc) is 2.63. The lowest BCUT2D eigenvalue weighted by molar-refractivity contribution is -0.131. The van der Waals surface area contributed by atoms with E-state index < -0.39 is 0 Å². The van der Waals surface area contributed by atoms with E-state index in [-0.39, 0.29) is 11.7 Å². The maximum Gasteiger partial charge on any atom is 0.227 e. The number of hydrogen-bond donors (Lipinski definition) is 1. The van der Waals surface area contributed by atoms with Gasteiger partial charge in [0.2, 0.25) is 5.91 Å². The Morgan fingerprint density at radius 1 is 1.20 bits per heavy atom. The Morgan fingerprint density at radius 3 is 2.52 bits per heavy atom. The number of hydrogen-bond acceptors (Lipinski definition) is 3. The fourth-order valence-electron chi connectivity index (χ4n) is 3.37. The van der Waals surface area contributed by atoms with Crippen molar-refractivity contribution in [3.05, 3.63) is 58.6 Å². The summed E-state index contributed by atoms with van der Waals surface area (Å²) < 4.78 is 5.32. The van der Waals surface area contributed by atoms with Crippen molar-refractivity contribution < 1.29 is 14.6 Å². The highest BCUT2D eigenvalue weighted by Crippen LogP contribution is 2.30. The van der Waals surface area contributed by atoms with Gasteiger partial charge in [0.05, 0.1) is 13.5 Å². The molecule has 0 spiro atoms. The second kappa shape index (κ2) is 7.79. The zero-order valence-electron chi connectivity index (χ0n) is 14.2. The van der Waals surface area contributed by atoms with Crippen LogP contribution in [0.15, 0.2) is 42.5 Å². The molecule has 0 aliphatic carbocycles. The van der Waals surface area contributed by atoms with Gasteiger partial charge in [0.1, 0.15) is 11.5 Å². The maximum atomic E-state index is 12.6. The normalized spacial score (nSPS) is 15.2. The summed E-state index contributed by atoms with van der Waals surface area (Å²) in [5.41, 5.74) is 2.04. The molecule has 0 unspecified atom stereocenters. The lowest BCUT2D eigenvalue weighted by Crippen LogP contribution is -2.38. The molecule has 1 aliphatic heterocycles. The largest absolute Gasteiger partial charge is 0.508 e. The molecule has 132 valence electrons. The molecule has 1 fully saturated rings. The van der Waals surface area contributed by atoms with Crippen molar-refractivity contribution in [2.24, 2.45) is 0 Å². The Kier molecular flexibility index (Phi) is 5.49. The average molecular weight is 360 g/mol. The molecule has 0 bridgehead atoms. The first kappa shape index (κ1) is 17.6. The van der Waals surface area contributed by atoms with Gasteiger partial charge in [-0.2, -0.15) is 0 Å². The highest BCUT2D eigenvalue weighted by Gasteiger charge is 2.24. The fourth-order valence-corrected chi connectivity index (χ4v) is 3.56. The Bertz CT molecular complexity index is 737. The van der Waals surface area contributed by atoms with E-state index in [4.69, 9.17) is 16.3 Å². The van der Waals surface area contributed by atoms with Crippen molar-refractivity contribution >= 4 is 17.5 Å². The fraction of sp³-hybridized carbons (Fsp3) is 0.350. The molecule has 4 nitrogen and oxygen atoms in total. The summed E-state index contributed by atoms with van der Waals surface area (Å²) in [7, 11) is 1.60. The van der Waals surface area contributed by atoms with Crippen LogP contribution in [-0.4, -0.2) is 36.1 Å². The number of halogens is 1. The lowest BCUT2D eigenvalue weighted by Gasteiger charge is -2.32. The van der Waals surface area contributed by atoms with Gasteiger partial charge in [-0.15, -0.1) is 0 Å². The molecule has 1 N–H and O–H groups in total. The number of benzene rings is 2. The highest BCUT2D eigenvalue weighted by molar-refractivity contribution is 6.30. The van der Waals surface area contributed by atoms with Gasteiger partial charge in [-0.25, -0.2) is 0 Å². The number of carbonyl (C=O) groups is 1. The Labute approximate surface area is 153 Å². The summed E-state index contributed by atoms with van der Waals surface area (Å²) in [5, 5.41) is 10.0. The molecule has 5 heteroatoms. The van der Waals surface area contributed by atoms with Gasteiger partial charge in [-0.1, -0.05) is 23.7 Å². The van der Waals surface area contributed by atoms with Crippen molar-refractivity contribution in [3.8, 4) is 11.5 Å². The van der Waals surface area contributed by atoms with E-state index in [1.54, 1.807) is 37.4 Å². The summed E-state index contributed by atoms with van der Waals surface area (Å²) in [6.07, 6.45) is 2.17. The number of phenolic OH excluding ortho intramolecular Hbond substituents is 1. The van der Waals surface area contributed by atoms with Crippen molar-refractivity contribution in [2.45, 2.75) is 25.2 Å². The van der Waals surface area contributed by atoms with E-state index in [9.17, 15) is 9.90 Å². The summed E-state index contributed by atoms with van der Waals surface area (Å²) in [6.45, 7) is 1.49. The van der Waals surface area contributed by atoms with Gasteiger partial charge in [-0.05, 0) is 54.7 Å². The van der Waals surface area contributed by atoms with Crippen LogP contribution in [0.2, 0.25) is 5.02 Å². The van der Waals surface area contributed by atoms with Crippen LogP contribution in [0.5, 0.6) is 11.5 Å². The number of ether oxygens (including phenoxy) is 1. The van der Waals surface area contributed by atoms with E-state index in [0.717, 1.165) is 31.5 Å². The number of amides is 1. The van der Waals surface area contributed by atoms with E-state index in [2.05, 4.69) is 0 Å². The second-order valence-electron chi connectivity index (χ2n) is 6.38. The van der Waals surface area contributed by atoms with E-state index >= 15 is 0 Å². The first-order valence-electron chi connectivity index (χ1n) is 8.46. The monoisotopic (exact) mass is 359 g/mol. The molecule has 3 rings (SSSR count). The topological polar surface area (TPSA) is 49.8 Å². The predicted molar refractivity (Wildman–Crippen MR) is 98.4 cm³/mol. The van der Waals surface area contributed by atoms with Crippen LogP contribution in [-0.2, 0) is 11.2 Å². The molecule has 0 atom stereocenters. The van der Waals surface area contributed by atoms with Crippen LogP contribution < -0.4 is 4.74 Å². The summed E-state index contributed by atoms with van der Waals surface area (Å²) in [5.74, 6) is 1.51. The number of carbonyl (C=O) groups excluding carboxylic acids is 1. The van der Waals surface area contributed by atoms with Gasteiger partial charge in [0.25, 0.3) is 0 Å². The van der Waals surface area contributed by atoms with Crippen LogP contribution in [0, 0.1) is 0 Å². The summed E-state index contributed by atoms with van der Waals surface area (Å²) in [4.78, 5) is 14.5. The molecular weight excluding hydrogens is 338 g/mol. The third-order valence-corrected chi connectivity index (χ3v) is 5.03. The number of piperidine rings is 1. The van der Waals surface area contributed by atoms with Crippen LogP contribution in [0.4, 0.5) is 0 Å². The third-order valence-electron chi connectivity index (χ3n) is 4.80. The lowest BCUT2D eigenvalue weighted by atomic mass is 9.89. The SMILES string of the molecule is COc1ccc(Cl)cc1CC(=O)N1CCC(c2ccc(O)cc2)CC1. The molecule has 0 saturated carbocycles. The standard InChI is InChI=1S/C20H22ClNO3/c1-25-19-7-4-17(21)12-16(19)13-20(24)22-10-8-15(9-11-22)14-2-5-18(23)6-3-14/h2-7,12,15,23H,8-11,13H2,1H3. The van der Waals surface area contributed by atoms with Crippen LogP contribution >= 0.6 is 11.6 Å². The van der Waals surface area contributed by atoms with Crippen molar-refractivity contribution in [3.63, 3.8) is 0 Å². The Morgan fingerprint density at radius 2 is 1.88 bits per heavy atom. The van der Waals surface area contributed by atoms with Gasteiger partial charge >= 0.3 is 0 Å². The molecule has 1 amide bonds. The van der Waals surface area contributed by atoms with Gasteiger partial charge in [0, 0.05) is 23.7 Å². The minimum Gasteiger partial charge on any atom is -0.508 e. The predicted octanol–water partition coefficient (Wildman–Crippen LogP) is 4.00. The zero-order chi connectivity index (χ0) is 17.8. The van der Waals surface area contributed by atoms with Crippen molar-refractivity contribution in [1.82, 2.24) is 4.90 Å². The van der Waals surface area contributed by atoms with Gasteiger partial charge < -0.3 is 14.7 Å². The summed E-state index contributed by atoms with van der Waals surface area (Å²) >= 11 is 6.04. The third kappa shape index (κ3) is 4.26. The smallest absolute Gasteiger partial charge is 0.227 e. The van der Waals surface area contributed by atoms with Gasteiger partial charge in [-0.3, -0.25) is 4.79 Å². The van der Waals surface area contributed by atoms with E-state index in [1.165, 1.54) is 5.56 Å². The molecule has 0 aromatic heterocycles. The Balaban J connectivity index is 1.60. The number of methoxy groups -OCH3 is 1. The van der Waals surface area contributed by atoms with Crippen LogP contribution in [0.1, 0.15) is 29.9 Å². The Hall–Kier alpha value is -2.20. The minimum absolute atomic E-state index is 0.102. The van der Waals surface area contributed by atoms with Crippen LogP contribution in [0.25, 0.3) is 0 Å². The number of aromatic hydroxyl groups is 1. The second-order valence-corrected chi connectivity index (χ2v) is 6.82. The molecule has 1 aliphatic rings. The van der Waals surface area contributed by atoms with E-state index in [1.807, 2.05) is 17.0 Å². The molecule has 25 heavy (non-hydrogen) atoms. The number of likely N-dealkylation sites (tertiary alicyclic amines) is 1. The molecule has 1 heterocycles. The number of phenols is 1. The maximum absolute atomic E-state index is 12.6. The highest BCUT2D eigenvalue weighted by atomic mass is 35.5. The van der Waals surface area contributed by atoms with E-state index in [0.29, 0.717) is 23.1 Å². The quantitative estimate of drug-likeness (QED) is 0.897. The molecule has 0 radical (unpaired) electrons. The first-order valence-corrected chi connectivity index (χ1v) is 8.83. The van der Waals surface area contributed by atoms with Crippen molar-refractivity contribution in [2.75, 3.05) is 20.2 Å². The molecule has 2 aromatic rings. The van der Waals surface area contributed by atoms with Gasteiger partial charge in [0.15, 0.2) is 0 Å². The molecule has 1 saturated heterocycles. The first-order chi connectivity index (χ1) is 12.1.